The lowest BCUT2D eigenvalue weighted by atomic mass is 10.2. The Morgan fingerprint density at radius 3 is 2.88 bits per heavy atom. The first-order chi connectivity index (χ1) is 7.58. The maximum absolute atomic E-state index is 13.3. The highest BCUT2D eigenvalue weighted by molar-refractivity contribution is 6.28. The van der Waals surface area contributed by atoms with Crippen molar-refractivity contribution < 1.29 is 9.18 Å². The van der Waals surface area contributed by atoms with Crippen LogP contribution < -0.4 is 11.1 Å². The molecule has 0 fully saturated rings. The van der Waals surface area contributed by atoms with E-state index in [4.69, 9.17) is 17.3 Å². The minimum atomic E-state index is -0.609. The molecule has 0 aromatic heterocycles. The van der Waals surface area contributed by atoms with Crippen LogP contribution in [0.25, 0.3) is 0 Å². The third-order valence-electron chi connectivity index (χ3n) is 1.83. The fourth-order valence-electron chi connectivity index (χ4n) is 1.09. The van der Waals surface area contributed by atoms with Crippen molar-refractivity contribution in [3.05, 3.63) is 29.6 Å². The number of benzene rings is 1. The summed E-state index contributed by atoms with van der Waals surface area (Å²) in [5.74, 6) is -0.843. The van der Waals surface area contributed by atoms with E-state index in [1.54, 1.807) is 0 Å². The number of halogens is 2. The first kappa shape index (κ1) is 12.4. The summed E-state index contributed by atoms with van der Waals surface area (Å²) >= 11 is 5.45. The molecule has 1 amide bonds. The summed E-state index contributed by atoms with van der Waals surface area (Å²) in [5, 5.41) is 2.33. The molecule has 0 spiro atoms. The van der Waals surface area contributed by atoms with Crippen LogP contribution in [0.2, 0.25) is 0 Å². The van der Waals surface area contributed by atoms with E-state index in [0.717, 1.165) is 6.07 Å². The van der Waals surface area contributed by atoms with Gasteiger partial charge >= 0.3 is 0 Å². The predicted molar refractivity (Wildman–Crippen MR) is 61.8 cm³/mol. The molecular weight excluding hydrogens is 233 g/mol. The van der Waals surface area contributed by atoms with E-state index < -0.39 is 11.7 Å². The van der Waals surface area contributed by atoms with Crippen molar-refractivity contribution in [2.45, 2.75) is 0 Å². The molecule has 0 aliphatic heterocycles. The number of nitrogens with one attached hydrogen (secondary N) is 1. The third kappa shape index (κ3) is 2.93. The van der Waals surface area contributed by atoms with Gasteiger partial charge in [-0.25, -0.2) is 9.38 Å². The molecule has 1 aromatic carbocycles. The number of aliphatic imine (C=N–C) groups is 1. The predicted octanol–water partition coefficient (Wildman–Crippen LogP) is 1.41. The Balaban J connectivity index is 3.12. The highest BCUT2D eigenvalue weighted by Crippen LogP contribution is 2.17. The highest BCUT2D eigenvalue weighted by atomic mass is 35.5. The number of nitrogens with two attached hydrogens (primary N) is 1. The number of amidine groups is 1. The zero-order valence-electron chi connectivity index (χ0n) is 8.63. The Hall–Kier alpha value is -1.62. The molecule has 3 N–H and O–H groups in total. The van der Waals surface area contributed by atoms with Crippen molar-refractivity contribution >= 4 is 29.0 Å². The number of rotatable bonds is 3. The van der Waals surface area contributed by atoms with Gasteiger partial charge in [0.1, 0.15) is 11.7 Å². The SMILES string of the molecule is CNC(=O)c1cc(N=C(N)CCl)ccc1F. The first-order valence-electron chi connectivity index (χ1n) is 4.49. The van der Waals surface area contributed by atoms with E-state index in [0.29, 0.717) is 5.69 Å². The molecule has 1 rings (SSSR count). The van der Waals surface area contributed by atoms with Gasteiger partial charge in [0, 0.05) is 7.05 Å². The summed E-state index contributed by atoms with van der Waals surface area (Å²) in [6, 6.07) is 3.89. The Morgan fingerprint density at radius 2 is 2.31 bits per heavy atom. The van der Waals surface area contributed by atoms with Gasteiger partial charge in [-0.1, -0.05) is 0 Å². The largest absolute Gasteiger partial charge is 0.386 e. The Kier molecular flexibility index (Phi) is 4.25. The number of carbonyl (C=O) groups excluding carboxylic acids is 1. The Bertz CT molecular complexity index is 434. The molecule has 6 heteroatoms. The van der Waals surface area contributed by atoms with Crippen molar-refractivity contribution in [1.82, 2.24) is 5.32 Å². The van der Waals surface area contributed by atoms with Crippen molar-refractivity contribution in [3.8, 4) is 0 Å². The van der Waals surface area contributed by atoms with Crippen LogP contribution in [0.5, 0.6) is 0 Å². The monoisotopic (exact) mass is 243 g/mol. The maximum Gasteiger partial charge on any atom is 0.254 e. The van der Waals surface area contributed by atoms with Crippen molar-refractivity contribution in [1.29, 1.82) is 0 Å². The summed E-state index contributed by atoms with van der Waals surface area (Å²) < 4.78 is 13.3. The van der Waals surface area contributed by atoms with Gasteiger partial charge in [0.2, 0.25) is 0 Å². The molecule has 4 nitrogen and oxygen atoms in total. The first-order valence-corrected chi connectivity index (χ1v) is 5.02. The smallest absolute Gasteiger partial charge is 0.254 e. The topological polar surface area (TPSA) is 67.5 Å². The molecule has 0 heterocycles. The molecule has 0 bridgehead atoms. The van der Waals surface area contributed by atoms with Crippen LogP contribution in [0, 0.1) is 5.82 Å². The standard InChI is InChI=1S/C10H11ClFN3O/c1-14-10(16)7-4-6(2-3-8(7)12)15-9(13)5-11/h2-4H,5H2,1H3,(H2,13,15)(H,14,16). The van der Waals surface area contributed by atoms with E-state index >= 15 is 0 Å². The van der Waals surface area contributed by atoms with Gasteiger partial charge in [-0.05, 0) is 18.2 Å². The average molecular weight is 244 g/mol. The molecule has 0 unspecified atom stereocenters. The van der Waals surface area contributed by atoms with Gasteiger partial charge in [-0.3, -0.25) is 4.79 Å². The van der Waals surface area contributed by atoms with Crippen molar-refractivity contribution in [2.75, 3.05) is 12.9 Å². The van der Waals surface area contributed by atoms with Crippen molar-refractivity contribution in [3.63, 3.8) is 0 Å². The van der Waals surface area contributed by atoms with Crippen LogP contribution in [0.4, 0.5) is 10.1 Å². The number of hydrogen-bond donors (Lipinski definition) is 2. The van der Waals surface area contributed by atoms with Crippen LogP contribution in [0.15, 0.2) is 23.2 Å². The van der Waals surface area contributed by atoms with Gasteiger partial charge in [-0.2, -0.15) is 0 Å². The molecule has 0 saturated heterocycles. The van der Waals surface area contributed by atoms with E-state index in [-0.39, 0.29) is 17.3 Å². The van der Waals surface area contributed by atoms with Crippen LogP contribution in [-0.2, 0) is 0 Å². The van der Waals surface area contributed by atoms with Crippen LogP contribution in [0.1, 0.15) is 10.4 Å². The summed E-state index contributed by atoms with van der Waals surface area (Å²) in [6.45, 7) is 0. The average Bonchev–Trinajstić information content (AvgIpc) is 2.30. The second-order valence-corrected chi connectivity index (χ2v) is 3.25. The van der Waals surface area contributed by atoms with Crippen LogP contribution in [0.3, 0.4) is 0 Å². The summed E-state index contributed by atoms with van der Waals surface area (Å²) in [7, 11) is 1.42. The molecule has 0 radical (unpaired) electrons. The van der Waals surface area contributed by atoms with Gasteiger partial charge in [0.15, 0.2) is 0 Å². The van der Waals surface area contributed by atoms with Gasteiger partial charge < -0.3 is 11.1 Å². The number of nitrogens with zero attached hydrogens (tertiary/aromatic N) is 1. The number of alkyl halides is 1. The second-order valence-electron chi connectivity index (χ2n) is 2.98. The quantitative estimate of drug-likeness (QED) is 0.479. The highest BCUT2D eigenvalue weighted by Gasteiger charge is 2.10. The second kappa shape index (κ2) is 5.46. The zero-order valence-corrected chi connectivity index (χ0v) is 9.38. The van der Waals surface area contributed by atoms with E-state index in [1.807, 2.05) is 0 Å². The lowest BCUT2D eigenvalue weighted by Crippen LogP contribution is -2.19. The maximum atomic E-state index is 13.3. The minimum absolute atomic E-state index is 0.0761. The van der Waals surface area contributed by atoms with E-state index in [2.05, 4.69) is 10.3 Å². The molecule has 0 saturated carbocycles. The van der Waals surface area contributed by atoms with Crippen LogP contribution >= 0.6 is 11.6 Å². The summed E-state index contributed by atoms with van der Waals surface area (Å²) in [4.78, 5) is 15.2. The number of hydrogen-bond acceptors (Lipinski definition) is 2. The molecule has 0 atom stereocenters. The summed E-state index contributed by atoms with van der Waals surface area (Å²) in [6.07, 6.45) is 0. The lowest BCUT2D eigenvalue weighted by molar-refractivity contribution is 0.0959. The fraction of sp³-hybridized carbons (Fsp3) is 0.200. The van der Waals surface area contributed by atoms with Gasteiger partial charge in [0.25, 0.3) is 5.91 Å². The van der Waals surface area contributed by atoms with E-state index in [9.17, 15) is 9.18 Å². The summed E-state index contributed by atoms with van der Waals surface area (Å²) in [5.41, 5.74) is 5.73. The molecule has 0 aliphatic carbocycles. The fourth-order valence-corrected chi connectivity index (χ4v) is 1.15. The molecule has 0 aliphatic rings. The van der Waals surface area contributed by atoms with Gasteiger partial charge in [0.05, 0.1) is 17.1 Å². The van der Waals surface area contributed by atoms with Crippen molar-refractivity contribution in [2.24, 2.45) is 10.7 Å². The van der Waals surface area contributed by atoms with E-state index in [1.165, 1.54) is 19.2 Å². The number of carbonyl (C=O) groups is 1. The normalized spacial score (nSPS) is 11.3. The van der Waals surface area contributed by atoms with Crippen LogP contribution in [-0.4, -0.2) is 24.7 Å². The molecule has 16 heavy (non-hydrogen) atoms. The molecular formula is C10H11ClFN3O. The zero-order chi connectivity index (χ0) is 12.1. The molecule has 86 valence electrons. The van der Waals surface area contributed by atoms with Gasteiger partial charge in [-0.15, -0.1) is 11.6 Å². The number of amides is 1. The minimum Gasteiger partial charge on any atom is -0.386 e. The Labute approximate surface area is 97.3 Å². The molecule has 1 aromatic rings. The lowest BCUT2D eigenvalue weighted by Gasteiger charge is -2.03. The third-order valence-corrected chi connectivity index (χ3v) is 2.11. The Morgan fingerprint density at radius 1 is 1.62 bits per heavy atom.